The number of piperidine rings is 1. The Labute approximate surface area is 197 Å². The molecule has 1 saturated heterocycles. The van der Waals surface area contributed by atoms with E-state index in [1.165, 1.54) is 25.7 Å². The zero-order valence-corrected chi connectivity index (χ0v) is 19.4. The average molecular weight is 469 g/mol. The highest BCUT2D eigenvalue weighted by Gasteiger charge is 2.28. The predicted octanol–water partition coefficient (Wildman–Crippen LogP) is 3.89. The minimum absolute atomic E-state index is 0.00468. The average Bonchev–Trinajstić information content (AvgIpc) is 3.49. The number of benzene rings is 1. The van der Waals surface area contributed by atoms with E-state index in [4.69, 9.17) is 16.6 Å². The summed E-state index contributed by atoms with van der Waals surface area (Å²) in [6.45, 7) is 1.74. The molecule has 2 aromatic heterocycles. The summed E-state index contributed by atoms with van der Waals surface area (Å²) in [6, 6.07) is 7.52. The van der Waals surface area contributed by atoms with Crippen molar-refractivity contribution in [3.05, 3.63) is 51.0 Å². The van der Waals surface area contributed by atoms with E-state index in [9.17, 15) is 9.59 Å². The second-order valence-electron chi connectivity index (χ2n) is 9.33. The fourth-order valence-corrected chi connectivity index (χ4v) is 5.38. The maximum atomic E-state index is 12.9. The Morgan fingerprint density at radius 3 is 2.79 bits per heavy atom. The number of carbonyl (C=O) groups excluding carboxylic acids is 1. The van der Waals surface area contributed by atoms with Gasteiger partial charge in [-0.25, -0.2) is 9.67 Å². The largest absolute Gasteiger partial charge is 0.342 e. The van der Waals surface area contributed by atoms with Gasteiger partial charge in [0.25, 0.3) is 5.56 Å². The van der Waals surface area contributed by atoms with Gasteiger partial charge in [-0.2, -0.15) is 0 Å². The third-order valence-electron chi connectivity index (χ3n) is 7.07. The smallest absolute Gasteiger partial charge is 0.281 e. The van der Waals surface area contributed by atoms with Crippen molar-refractivity contribution in [3.8, 4) is 0 Å². The predicted molar refractivity (Wildman–Crippen MR) is 126 cm³/mol. The van der Waals surface area contributed by atoms with Gasteiger partial charge >= 0.3 is 0 Å². The third-order valence-corrected chi connectivity index (χ3v) is 7.44. The van der Waals surface area contributed by atoms with Gasteiger partial charge in [-0.15, -0.1) is 5.10 Å². The highest BCUT2D eigenvalue weighted by Crippen LogP contribution is 2.30. The summed E-state index contributed by atoms with van der Waals surface area (Å²) in [5.41, 5.74) is 1.24. The first-order valence-corrected chi connectivity index (χ1v) is 12.3. The molecule has 3 heterocycles. The Morgan fingerprint density at radius 2 is 1.97 bits per heavy atom. The Morgan fingerprint density at radius 1 is 1.15 bits per heavy atom. The number of aromatic amines is 1. The van der Waals surface area contributed by atoms with Crippen LogP contribution in [0.15, 0.2) is 29.1 Å². The number of nitrogens with one attached hydrogen (secondary N) is 1. The first-order valence-electron chi connectivity index (χ1n) is 11.9. The van der Waals surface area contributed by atoms with Gasteiger partial charge in [-0.05, 0) is 36.8 Å². The van der Waals surface area contributed by atoms with Crippen molar-refractivity contribution < 1.29 is 4.79 Å². The molecule has 1 aliphatic heterocycles. The number of rotatable bonds is 6. The van der Waals surface area contributed by atoms with Crippen molar-refractivity contribution in [1.29, 1.82) is 0 Å². The number of likely N-dealkylation sites (tertiary alicyclic amines) is 1. The SMILES string of the molecule is O=C(CCC1CCCC1)N1CCC[C@H](c2nc3c(nnn3Cc3ccccc3Cl)c(=O)[nH]2)C1. The van der Waals surface area contributed by atoms with Crippen LogP contribution in [0.5, 0.6) is 0 Å². The molecule has 1 saturated carbocycles. The lowest BCUT2D eigenvalue weighted by Crippen LogP contribution is -2.40. The Bertz CT molecular complexity index is 1200. The van der Waals surface area contributed by atoms with Gasteiger partial charge in [-0.3, -0.25) is 9.59 Å². The van der Waals surface area contributed by atoms with Crippen LogP contribution in [0.2, 0.25) is 5.02 Å². The number of halogens is 1. The van der Waals surface area contributed by atoms with Crippen LogP contribution in [0.4, 0.5) is 0 Å². The van der Waals surface area contributed by atoms with Crippen LogP contribution >= 0.6 is 11.6 Å². The fraction of sp³-hybridized carbons (Fsp3) is 0.542. The van der Waals surface area contributed by atoms with Crippen molar-refractivity contribution in [2.45, 2.75) is 63.8 Å². The standard InChI is InChI=1S/C24H29ClN6O2/c25-19-10-4-3-8-17(19)15-31-23-21(28-29-31)24(33)27-22(26-23)18-9-5-13-30(14-18)20(32)12-11-16-6-1-2-7-16/h3-4,8,10,16,18H,1-2,5-7,9,11-15H2,(H,26,27,33)/t18-/m0/s1. The van der Waals surface area contributed by atoms with Gasteiger partial charge in [0.2, 0.25) is 5.91 Å². The molecule has 5 rings (SSSR count). The molecule has 0 spiro atoms. The van der Waals surface area contributed by atoms with Crippen molar-refractivity contribution in [1.82, 2.24) is 29.9 Å². The quantitative estimate of drug-likeness (QED) is 0.591. The molecule has 0 unspecified atom stereocenters. The minimum atomic E-state index is -0.301. The van der Waals surface area contributed by atoms with Crippen LogP contribution in [0.3, 0.4) is 0 Å². The highest BCUT2D eigenvalue weighted by molar-refractivity contribution is 6.31. The number of fused-ring (bicyclic) bond motifs is 1. The van der Waals surface area contributed by atoms with Crippen LogP contribution < -0.4 is 5.56 Å². The third kappa shape index (κ3) is 4.81. The zero-order chi connectivity index (χ0) is 22.8. The van der Waals surface area contributed by atoms with E-state index < -0.39 is 0 Å². The molecule has 3 aromatic rings. The molecule has 174 valence electrons. The summed E-state index contributed by atoms with van der Waals surface area (Å²) in [7, 11) is 0. The summed E-state index contributed by atoms with van der Waals surface area (Å²) in [6.07, 6.45) is 8.52. The lowest BCUT2D eigenvalue weighted by atomic mass is 9.96. The van der Waals surface area contributed by atoms with Gasteiger partial charge in [0.1, 0.15) is 5.82 Å². The molecule has 2 fully saturated rings. The van der Waals surface area contributed by atoms with E-state index in [2.05, 4.69) is 15.3 Å². The number of carbonyl (C=O) groups is 1. The summed E-state index contributed by atoms with van der Waals surface area (Å²) >= 11 is 6.30. The monoisotopic (exact) mass is 468 g/mol. The summed E-state index contributed by atoms with van der Waals surface area (Å²) in [5, 5.41) is 8.81. The number of aromatic nitrogens is 5. The second-order valence-corrected chi connectivity index (χ2v) is 9.74. The second kappa shape index (κ2) is 9.63. The van der Waals surface area contributed by atoms with E-state index in [-0.39, 0.29) is 22.9 Å². The first-order chi connectivity index (χ1) is 16.1. The van der Waals surface area contributed by atoms with Crippen molar-refractivity contribution >= 4 is 28.7 Å². The molecule has 1 amide bonds. The summed E-state index contributed by atoms with van der Waals surface area (Å²) in [4.78, 5) is 35.2. The Kier molecular flexibility index (Phi) is 6.44. The Balaban J connectivity index is 1.33. The van der Waals surface area contributed by atoms with Crippen LogP contribution in [-0.4, -0.2) is 48.9 Å². The van der Waals surface area contributed by atoms with Gasteiger partial charge in [-0.1, -0.05) is 60.7 Å². The van der Waals surface area contributed by atoms with Crippen molar-refractivity contribution in [2.24, 2.45) is 5.92 Å². The molecule has 1 aliphatic carbocycles. The zero-order valence-electron chi connectivity index (χ0n) is 18.7. The van der Waals surface area contributed by atoms with E-state index in [0.717, 1.165) is 31.4 Å². The lowest BCUT2D eigenvalue weighted by molar-refractivity contribution is -0.132. The normalized spacial score (nSPS) is 19.4. The maximum Gasteiger partial charge on any atom is 0.281 e. The molecule has 1 aromatic carbocycles. The van der Waals surface area contributed by atoms with E-state index >= 15 is 0 Å². The molecule has 1 atom stereocenters. The van der Waals surface area contributed by atoms with E-state index in [1.54, 1.807) is 4.68 Å². The van der Waals surface area contributed by atoms with E-state index in [0.29, 0.717) is 41.9 Å². The molecule has 9 heteroatoms. The van der Waals surface area contributed by atoms with Crippen LogP contribution in [-0.2, 0) is 11.3 Å². The minimum Gasteiger partial charge on any atom is -0.342 e. The molecule has 0 bridgehead atoms. The van der Waals surface area contributed by atoms with Crippen LogP contribution in [0, 0.1) is 5.92 Å². The van der Waals surface area contributed by atoms with Crippen LogP contribution in [0.1, 0.15) is 68.7 Å². The summed E-state index contributed by atoms with van der Waals surface area (Å²) in [5.74, 6) is 1.53. The molecule has 0 radical (unpaired) electrons. The topological polar surface area (TPSA) is 96.8 Å². The molecule has 1 N–H and O–H groups in total. The number of amides is 1. The Hall–Kier alpha value is -2.74. The van der Waals surface area contributed by atoms with Crippen molar-refractivity contribution in [3.63, 3.8) is 0 Å². The van der Waals surface area contributed by atoms with Gasteiger partial charge < -0.3 is 9.88 Å². The molecule has 8 nitrogen and oxygen atoms in total. The van der Waals surface area contributed by atoms with Crippen molar-refractivity contribution in [2.75, 3.05) is 13.1 Å². The first kappa shape index (κ1) is 22.1. The number of H-pyrrole nitrogens is 1. The van der Waals surface area contributed by atoms with E-state index in [1.807, 2.05) is 29.2 Å². The molecular formula is C24H29ClN6O2. The van der Waals surface area contributed by atoms with Gasteiger partial charge in [0.15, 0.2) is 11.2 Å². The molecular weight excluding hydrogens is 440 g/mol. The maximum absolute atomic E-state index is 12.9. The molecule has 33 heavy (non-hydrogen) atoms. The highest BCUT2D eigenvalue weighted by atomic mass is 35.5. The number of hydrogen-bond acceptors (Lipinski definition) is 5. The lowest BCUT2D eigenvalue weighted by Gasteiger charge is -2.32. The fourth-order valence-electron chi connectivity index (χ4n) is 5.18. The number of nitrogens with zero attached hydrogens (tertiary/aromatic N) is 5. The summed E-state index contributed by atoms with van der Waals surface area (Å²) < 4.78 is 1.61. The van der Waals surface area contributed by atoms with Gasteiger partial charge in [0.05, 0.1) is 6.54 Å². The van der Waals surface area contributed by atoms with Gasteiger partial charge in [0, 0.05) is 30.5 Å². The van der Waals surface area contributed by atoms with Crippen LogP contribution in [0.25, 0.3) is 11.2 Å². The molecule has 2 aliphatic rings. The number of hydrogen-bond donors (Lipinski definition) is 1.